The van der Waals surface area contributed by atoms with Crippen molar-refractivity contribution in [3.05, 3.63) is 101 Å². The van der Waals surface area contributed by atoms with Crippen LogP contribution in [0.2, 0.25) is 5.02 Å². The van der Waals surface area contributed by atoms with E-state index in [-0.39, 0.29) is 30.4 Å². The summed E-state index contributed by atoms with van der Waals surface area (Å²) in [7, 11) is 0. The summed E-state index contributed by atoms with van der Waals surface area (Å²) >= 11 is 6.16. The average molecular weight is 515 g/mol. The Morgan fingerprint density at radius 2 is 1.56 bits per heavy atom. The van der Waals surface area contributed by atoms with Gasteiger partial charge in [-0.05, 0) is 66.1 Å². The summed E-state index contributed by atoms with van der Waals surface area (Å²) in [5, 5.41) is 5.57. The van der Waals surface area contributed by atoms with Crippen LogP contribution in [0.3, 0.4) is 0 Å². The molecule has 3 nitrogen and oxygen atoms in total. The van der Waals surface area contributed by atoms with E-state index >= 15 is 0 Å². The molecule has 0 atom stereocenters. The Balaban J connectivity index is 0.00000162. The zero-order chi connectivity index (χ0) is 22.0. The molecule has 4 aromatic rings. The van der Waals surface area contributed by atoms with Gasteiger partial charge < -0.3 is 11.1 Å². The number of pyridine rings is 1. The van der Waals surface area contributed by atoms with Crippen LogP contribution in [-0.2, 0) is 12.1 Å². The van der Waals surface area contributed by atoms with Gasteiger partial charge in [-0.25, -0.2) is 0 Å². The van der Waals surface area contributed by atoms with Gasteiger partial charge in [0.05, 0.1) is 5.52 Å². The maximum Gasteiger partial charge on any atom is 0.0720 e. The third-order valence-corrected chi connectivity index (χ3v) is 7.01. The number of hydrogen-bond donors (Lipinski definition) is 2. The Bertz CT molecular complexity index is 1200. The van der Waals surface area contributed by atoms with E-state index in [2.05, 4.69) is 77.0 Å². The molecular weight excluding hydrogens is 485 g/mol. The second-order valence-electron chi connectivity index (χ2n) is 8.89. The number of nitrogens with one attached hydrogen (secondary N) is 1. The SMILES string of the molecule is Cl.Cl.NC1(c2ccnc3cc(Cl)ccc23)CCC(NCc2ccc(-c3ccccc3)cc2)CC1. The minimum absolute atomic E-state index is 0. The monoisotopic (exact) mass is 513 g/mol. The normalized spacial score (nSPS) is 19.8. The van der Waals surface area contributed by atoms with E-state index in [0.717, 1.165) is 43.1 Å². The number of rotatable bonds is 5. The predicted molar refractivity (Wildman–Crippen MR) is 148 cm³/mol. The molecule has 0 radical (unpaired) electrons. The van der Waals surface area contributed by atoms with Crippen LogP contribution in [0.1, 0.15) is 36.8 Å². The van der Waals surface area contributed by atoms with Crippen molar-refractivity contribution in [1.82, 2.24) is 10.3 Å². The lowest BCUT2D eigenvalue weighted by Gasteiger charge is -2.38. The highest BCUT2D eigenvalue weighted by Crippen LogP contribution is 2.38. The summed E-state index contributed by atoms with van der Waals surface area (Å²) in [6.07, 6.45) is 5.90. The van der Waals surface area contributed by atoms with Crippen molar-refractivity contribution >= 4 is 47.3 Å². The zero-order valence-corrected chi connectivity index (χ0v) is 21.3. The Kier molecular flexibility index (Phi) is 8.97. The number of benzene rings is 3. The maximum atomic E-state index is 6.94. The molecule has 0 unspecified atom stereocenters. The fourth-order valence-electron chi connectivity index (χ4n) is 4.87. The summed E-state index contributed by atoms with van der Waals surface area (Å²) in [6, 6.07) is 27.8. The first-order valence-corrected chi connectivity index (χ1v) is 11.7. The molecular formula is C28H30Cl3N3. The number of fused-ring (bicyclic) bond motifs is 1. The molecule has 3 aromatic carbocycles. The molecule has 3 N–H and O–H groups in total. The van der Waals surface area contributed by atoms with Crippen LogP contribution in [0, 0.1) is 0 Å². The molecule has 0 aliphatic heterocycles. The Labute approximate surface area is 218 Å². The first-order valence-electron chi connectivity index (χ1n) is 11.3. The van der Waals surface area contributed by atoms with Crippen molar-refractivity contribution in [2.24, 2.45) is 5.73 Å². The Morgan fingerprint density at radius 1 is 0.882 bits per heavy atom. The van der Waals surface area contributed by atoms with E-state index in [1.54, 1.807) is 0 Å². The second-order valence-corrected chi connectivity index (χ2v) is 9.33. The standard InChI is InChI=1S/C28H28ClN3.2ClH/c29-23-10-11-25-26(14-17-31-27(25)18-23)28(30)15-12-24(13-16-28)32-19-20-6-8-22(9-7-20)21-4-2-1-3-5-21;;/h1-11,14,17-18,24,32H,12-13,15-16,19,30H2;2*1H. The topological polar surface area (TPSA) is 50.9 Å². The third-order valence-electron chi connectivity index (χ3n) is 6.77. The minimum Gasteiger partial charge on any atom is -0.321 e. The van der Waals surface area contributed by atoms with Gasteiger partial charge >= 0.3 is 0 Å². The summed E-state index contributed by atoms with van der Waals surface area (Å²) in [4.78, 5) is 4.48. The molecule has 0 amide bonds. The van der Waals surface area contributed by atoms with Crippen molar-refractivity contribution in [2.75, 3.05) is 0 Å². The van der Waals surface area contributed by atoms with Gasteiger partial charge in [0, 0.05) is 34.7 Å². The van der Waals surface area contributed by atoms with Gasteiger partial charge in [-0.1, -0.05) is 72.3 Å². The molecule has 1 saturated carbocycles. The van der Waals surface area contributed by atoms with E-state index < -0.39 is 0 Å². The highest BCUT2D eigenvalue weighted by Gasteiger charge is 2.34. The first kappa shape index (κ1) is 26.5. The van der Waals surface area contributed by atoms with E-state index in [0.29, 0.717) is 11.1 Å². The smallest absolute Gasteiger partial charge is 0.0720 e. The van der Waals surface area contributed by atoms with Crippen LogP contribution < -0.4 is 11.1 Å². The van der Waals surface area contributed by atoms with Gasteiger partial charge in [-0.2, -0.15) is 0 Å². The van der Waals surface area contributed by atoms with Crippen LogP contribution in [0.25, 0.3) is 22.0 Å². The summed E-state index contributed by atoms with van der Waals surface area (Å²) in [5.74, 6) is 0. The number of hydrogen-bond acceptors (Lipinski definition) is 3. The Hall–Kier alpha value is -2.14. The lowest BCUT2D eigenvalue weighted by atomic mass is 9.74. The highest BCUT2D eigenvalue weighted by atomic mass is 35.5. The van der Waals surface area contributed by atoms with Crippen molar-refractivity contribution < 1.29 is 0 Å². The zero-order valence-electron chi connectivity index (χ0n) is 18.9. The largest absolute Gasteiger partial charge is 0.321 e. The molecule has 1 aliphatic rings. The number of aromatic nitrogens is 1. The van der Waals surface area contributed by atoms with Crippen molar-refractivity contribution in [3.8, 4) is 11.1 Å². The molecule has 6 heteroatoms. The van der Waals surface area contributed by atoms with E-state index in [4.69, 9.17) is 17.3 Å². The van der Waals surface area contributed by atoms with Crippen molar-refractivity contribution in [2.45, 2.75) is 43.8 Å². The molecule has 1 aromatic heterocycles. The molecule has 1 heterocycles. The highest BCUT2D eigenvalue weighted by molar-refractivity contribution is 6.31. The fourth-order valence-corrected chi connectivity index (χ4v) is 5.04. The quantitative estimate of drug-likeness (QED) is 0.294. The van der Waals surface area contributed by atoms with Gasteiger partial charge in [0.15, 0.2) is 0 Å². The van der Waals surface area contributed by atoms with Gasteiger partial charge in [0.1, 0.15) is 0 Å². The lowest BCUT2D eigenvalue weighted by molar-refractivity contribution is 0.252. The third kappa shape index (κ3) is 5.73. The van der Waals surface area contributed by atoms with Crippen LogP contribution in [-0.4, -0.2) is 11.0 Å². The van der Waals surface area contributed by atoms with Gasteiger partial charge in [0.2, 0.25) is 0 Å². The van der Waals surface area contributed by atoms with Gasteiger partial charge in [-0.3, -0.25) is 4.98 Å². The molecule has 1 aliphatic carbocycles. The van der Waals surface area contributed by atoms with E-state index in [9.17, 15) is 0 Å². The number of nitrogens with zero attached hydrogens (tertiary/aromatic N) is 1. The van der Waals surface area contributed by atoms with Gasteiger partial charge in [0.25, 0.3) is 0 Å². The average Bonchev–Trinajstić information content (AvgIpc) is 2.84. The number of halogens is 3. The van der Waals surface area contributed by atoms with Crippen LogP contribution in [0.5, 0.6) is 0 Å². The van der Waals surface area contributed by atoms with Crippen LogP contribution in [0.15, 0.2) is 85.1 Å². The van der Waals surface area contributed by atoms with Crippen molar-refractivity contribution in [1.29, 1.82) is 0 Å². The second kappa shape index (κ2) is 11.5. The maximum absolute atomic E-state index is 6.94. The molecule has 1 fully saturated rings. The molecule has 5 rings (SSSR count). The van der Waals surface area contributed by atoms with Crippen LogP contribution >= 0.6 is 36.4 Å². The molecule has 34 heavy (non-hydrogen) atoms. The predicted octanol–water partition coefficient (Wildman–Crippen LogP) is 7.29. The van der Waals surface area contributed by atoms with Gasteiger partial charge in [-0.15, -0.1) is 24.8 Å². The fraction of sp³-hybridized carbons (Fsp3) is 0.250. The molecule has 0 saturated heterocycles. The van der Waals surface area contributed by atoms with E-state index in [1.165, 1.54) is 22.3 Å². The van der Waals surface area contributed by atoms with Crippen molar-refractivity contribution in [3.63, 3.8) is 0 Å². The number of nitrogens with two attached hydrogens (primary N) is 1. The van der Waals surface area contributed by atoms with E-state index in [1.807, 2.05) is 18.3 Å². The Morgan fingerprint density at radius 3 is 2.26 bits per heavy atom. The summed E-state index contributed by atoms with van der Waals surface area (Å²) < 4.78 is 0. The molecule has 178 valence electrons. The summed E-state index contributed by atoms with van der Waals surface area (Å²) in [6.45, 7) is 0.883. The minimum atomic E-state index is -0.315. The molecule has 0 bridgehead atoms. The first-order chi connectivity index (χ1) is 15.6. The lowest BCUT2D eigenvalue weighted by Crippen LogP contribution is -2.45. The summed E-state index contributed by atoms with van der Waals surface area (Å²) in [5.41, 5.74) is 12.5. The molecule has 0 spiro atoms. The van der Waals surface area contributed by atoms with Crippen LogP contribution in [0.4, 0.5) is 0 Å².